The lowest BCUT2D eigenvalue weighted by Gasteiger charge is -2.35. The smallest absolute Gasteiger partial charge is 0.246 e. The van der Waals surface area contributed by atoms with E-state index in [1.54, 1.807) is 6.08 Å². The van der Waals surface area contributed by atoms with Crippen molar-refractivity contribution < 1.29 is 4.79 Å². The number of amides is 1. The third kappa shape index (κ3) is 4.93. The molecule has 0 atom stereocenters. The summed E-state index contributed by atoms with van der Waals surface area (Å²) >= 11 is 0. The Balaban J connectivity index is 1.90. The van der Waals surface area contributed by atoms with E-state index < -0.39 is 0 Å². The highest BCUT2D eigenvalue weighted by Crippen LogP contribution is 2.17. The number of benzene rings is 1. The van der Waals surface area contributed by atoms with Gasteiger partial charge < -0.3 is 9.80 Å². The fraction of sp³-hybridized carbons (Fsp3) is 0.550. The molecule has 126 valence electrons. The summed E-state index contributed by atoms with van der Waals surface area (Å²) in [5.74, 6) is 0.641. The summed E-state index contributed by atoms with van der Waals surface area (Å²) < 4.78 is 0. The number of piperidine rings is 1. The summed E-state index contributed by atoms with van der Waals surface area (Å²) in [5.41, 5.74) is 2.41. The van der Waals surface area contributed by atoms with E-state index in [2.05, 4.69) is 49.9 Å². The highest BCUT2D eigenvalue weighted by atomic mass is 16.2. The summed E-state index contributed by atoms with van der Waals surface area (Å²) in [6, 6.07) is 8.81. The Hall–Kier alpha value is -1.61. The van der Waals surface area contributed by atoms with Crippen LogP contribution < -0.4 is 0 Å². The average molecular weight is 314 g/mol. The number of rotatable bonds is 5. The minimum atomic E-state index is 0.105. The molecule has 1 aliphatic heterocycles. The molecule has 2 rings (SSSR count). The number of carbonyl (C=O) groups excluding carboxylic acids is 1. The second kappa shape index (κ2) is 8.30. The Morgan fingerprint density at radius 3 is 2.39 bits per heavy atom. The first-order valence-corrected chi connectivity index (χ1v) is 8.78. The zero-order valence-corrected chi connectivity index (χ0v) is 15.0. The van der Waals surface area contributed by atoms with Gasteiger partial charge in [0.05, 0.1) is 0 Å². The van der Waals surface area contributed by atoms with Crippen molar-refractivity contribution in [3.63, 3.8) is 0 Å². The van der Waals surface area contributed by atoms with E-state index in [9.17, 15) is 4.79 Å². The van der Waals surface area contributed by atoms with Crippen molar-refractivity contribution in [1.82, 2.24) is 9.80 Å². The number of hydrogen-bond acceptors (Lipinski definition) is 2. The molecule has 0 N–H and O–H groups in total. The van der Waals surface area contributed by atoms with Crippen LogP contribution in [0.4, 0.5) is 0 Å². The SMILES string of the molecule is CCN1CCC(N(C)C(=O)/C=C/c2ccc(C(C)C)cc2)CC1. The lowest BCUT2D eigenvalue weighted by atomic mass is 10.0. The third-order valence-electron chi connectivity index (χ3n) is 4.92. The molecule has 0 bridgehead atoms. The molecule has 3 heteroatoms. The Kier molecular flexibility index (Phi) is 6.40. The van der Waals surface area contributed by atoms with Gasteiger partial charge in [-0.05, 0) is 42.5 Å². The maximum absolute atomic E-state index is 12.4. The van der Waals surface area contributed by atoms with Crippen LogP contribution in [0.3, 0.4) is 0 Å². The van der Waals surface area contributed by atoms with Crippen LogP contribution in [0.5, 0.6) is 0 Å². The van der Waals surface area contributed by atoms with Crippen LogP contribution >= 0.6 is 0 Å². The van der Waals surface area contributed by atoms with Gasteiger partial charge in [-0.3, -0.25) is 4.79 Å². The van der Waals surface area contributed by atoms with Crippen molar-refractivity contribution in [2.45, 2.75) is 45.6 Å². The van der Waals surface area contributed by atoms with Crippen LogP contribution in [0.15, 0.2) is 30.3 Å². The number of likely N-dealkylation sites (N-methyl/N-ethyl adjacent to an activating group) is 1. The second-order valence-corrected chi connectivity index (χ2v) is 6.77. The molecule has 0 spiro atoms. The molecule has 1 fully saturated rings. The largest absolute Gasteiger partial charge is 0.339 e. The molecule has 1 aliphatic rings. The first kappa shape index (κ1) is 17.7. The Bertz CT molecular complexity index is 525. The van der Waals surface area contributed by atoms with Gasteiger partial charge in [0, 0.05) is 32.3 Å². The number of nitrogens with zero attached hydrogens (tertiary/aromatic N) is 2. The van der Waals surface area contributed by atoms with Crippen LogP contribution in [0.2, 0.25) is 0 Å². The van der Waals surface area contributed by atoms with Crippen LogP contribution in [-0.4, -0.2) is 48.4 Å². The molecule has 0 aromatic heterocycles. The highest BCUT2D eigenvalue weighted by Gasteiger charge is 2.23. The normalized spacial score (nSPS) is 17.1. The minimum absolute atomic E-state index is 0.105. The molecule has 1 heterocycles. The topological polar surface area (TPSA) is 23.6 Å². The van der Waals surface area contributed by atoms with Gasteiger partial charge in [0.15, 0.2) is 0 Å². The standard InChI is InChI=1S/C20H30N2O/c1-5-22-14-12-19(13-15-22)21(4)20(23)11-8-17-6-9-18(10-7-17)16(2)3/h6-11,16,19H,5,12-15H2,1-4H3/b11-8+. The molecular formula is C20H30N2O. The van der Waals surface area contributed by atoms with Crippen LogP contribution in [0, 0.1) is 0 Å². The van der Waals surface area contributed by atoms with Crippen molar-refractivity contribution >= 4 is 12.0 Å². The molecule has 0 aliphatic carbocycles. The fourth-order valence-electron chi connectivity index (χ4n) is 3.08. The van der Waals surface area contributed by atoms with Gasteiger partial charge in [0.2, 0.25) is 5.91 Å². The molecule has 1 aromatic rings. The van der Waals surface area contributed by atoms with E-state index in [0.717, 1.165) is 38.0 Å². The van der Waals surface area contributed by atoms with Gasteiger partial charge in [-0.15, -0.1) is 0 Å². The maximum Gasteiger partial charge on any atom is 0.246 e. The van der Waals surface area contributed by atoms with Gasteiger partial charge in [-0.1, -0.05) is 45.0 Å². The molecule has 0 radical (unpaired) electrons. The first-order valence-electron chi connectivity index (χ1n) is 8.78. The monoisotopic (exact) mass is 314 g/mol. The van der Waals surface area contributed by atoms with E-state index in [1.807, 2.05) is 18.0 Å². The van der Waals surface area contributed by atoms with Gasteiger partial charge in [0.25, 0.3) is 0 Å². The van der Waals surface area contributed by atoms with Crippen molar-refractivity contribution in [1.29, 1.82) is 0 Å². The predicted molar refractivity (Wildman–Crippen MR) is 97.5 cm³/mol. The summed E-state index contributed by atoms with van der Waals surface area (Å²) in [6.07, 6.45) is 5.78. The second-order valence-electron chi connectivity index (χ2n) is 6.77. The molecule has 3 nitrogen and oxygen atoms in total. The molecule has 0 unspecified atom stereocenters. The van der Waals surface area contributed by atoms with Crippen molar-refractivity contribution in [3.8, 4) is 0 Å². The maximum atomic E-state index is 12.4. The van der Waals surface area contributed by atoms with E-state index in [0.29, 0.717) is 12.0 Å². The molecular weight excluding hydrogens is 284 g/mol. The zero-order chi connectivity index (χ0) is 16.8. The van der Waals surface area contributed by atoms with Gasteiger partial charge in [-0.2, -0.15) is 0 Å². The molecule has 0 saturated carbocycles. The van der Waals surface area contributed by atoms with Crippen LogP contribution in [-0.2, 0) is 4.79 Å². The van der Waals surface area contributed by atoms with Gasteiger partial charge >= 0.3 is 0 Å². The zero-order valence-electron chi connectivity index (χ0n) is 15.0. The van der Waals surface area contributed by atoms with E-state index in [1.165, 1.54) is 5.56 Å². The van der Waals surface area contributed by atoms with E-state index >= 15 is 0 Å². The van der Waals surface area contributed by atoms with Crippen molar-refractivity contribution in [3.05, 3.63) is 41.5 Å². The average Bonchev–Trinajstić information content (AvgIpc) is 2.59. The predicted octanol–water partition coefficient (Wildman–Crippen LogP) is 3.77. The fourth-order valence-corrected chi connectivity index (χ4v) is 3.08. The number of carbonyl (C=O) groups is 1. The first-order chi connectivity index (χ1) is 11.0. The summed E-state index contributed by atoms with van der Waals surface area (Å²) in [6.45, 7) is 9.87. The minimum Gasteiger partial charge on any atom is -0.339 e. The molecule has 23 heavy (non-hydrogen) atoms. The molecule has 1 amide bonds. The van der Waals surface area contributed by atoms with Gasteiger partial charge in [-0.25, -0.2) is 0 Å². The van der Waals surface area contributed by atoms with E-state index in [4.69, 9.17) is 0 Å². The lowest BCUT2D eigenvalue weighted by molar-refractivity contribution is -0.127. The van der Waals surface area contributed by atoms with Crippen molar-refractivity contribution in [2.75, 3.05) is 26.7 Å². The quantitative estimate of drug-likeness (QED) is 0.773. The Labute approximate surface area is 141 Å². The summed E-state index contributed by atoms with van der Waals surface area (Å²) in [4.78, 5) is 16.7. The number of hydrogen-bond donors (Lipinski definition) is 0. The Morgan fingerprint density at radius 2 is 1.87 bits per heavy atom. The van der Waals surface area contributed by atoms with Crippen LogP contribution in [0.1, 0.15) is 50.7 Å². The van der Waals surface area contributed by atoms with E-state index in [-0.39, 0.29) is 5.91 Å². The van der Waals surface area contributed by atoms with Gasteiger partial charge in [0.1, 0.15) is 0 Å². The lowest BCUT2D eigenvalue weighted by Crippen LogP contribution is -2.45. The Morgan fingerprint density at radius 1 is 1.26 bits per heavy atom. The van der Waals surface area contributed by atoms with Crippen molar-refractivity contribution in [2.24, 2.45) is 0 Å². The third-order valence-corrected chi connectivity index (χ3v) is 4.92. The summed E-state index contributed by atoms with van der Waals surface area (Å²) in [5, 5.41) is 0. The summed E-state index contributed by atoms with van der Waals surface area (Å²) in [7, 11) is 1.93. The molecule has 1 aromatic carbocycles. The highest BCUT2D eigenvalue weighted by molar-refractivity contribution is 5.91. The number of likely N-dealkylation sites (tertiary alicyclic amines) is 1. The molecule has 1 saturated heterocycles. The van der Waals surface area contributed by atoms with Crippen LogP contribution in [0.25, 0.3) is 6.08 Å².